The zero-order valence-electron chi connectivity index (χ0n) is 4.98. The van der Waals surface area contributed by atoms with Crippen molar-refractivity contribution in [3.63, 3.8) is 0 Å². The average molecular weight is 152 g/mol. The molecule has 0 radical (unpaired) electrons. The SMILES string of the molecule is c1cc(-c2csnn2)n[nH]1. The molecule has 2 heterocycles. The van der Waals surface area contributed by atoms with Gasteiger partial charge in [-0.2, -0.15) is 5.10 Å². The van der Waals surface area contributed by atoms with E-state index >= 15 is 0 Å². The fourth-order valence-electron chi connectivity index (χ4n) is 0.679. The summed E-state index contributed by atoms with van der Waals surface area (Å²) in [6, 6.07) is 1.86. The summed E-state index contributed by atoms with van der Waals surface area (Å²) in [5.41, 5.74) is 1.67. The first kappa shape index (κ1) is 5.55. The maximum absolute atomic E-state index is 3.94. The highest BCUT2D eigenvalue weighted by Crippen LogP contribution is 2.12. The van der Waals surface area contributed by atoms with Crippen LogP contribution in [0.5, 0.6) is 0 Å². The lowest BCUT2D eigenvalue weighted by molar-refractivity contribution is 1.07. The summed E-state index contributed by atoms with van der Waals surface area (Å²) in [5.74, 6) is 0. The van der Waals surface area contributed by atoms with Gasteiger partial charge in [0.05, 0.1) is 0 Å². The quantitative estimate of drug-likeness (QED) is 0.661. The van der Waals surface area contributed by atoms with E-state index in [1.54, 1.807) is 6.20 Å². The monoisotopic (exact) mass is 152 g/mol. The molecular formula is C5H4N4S. The molecule has 2 aromatic heterocycles. The van der Waals surface area contributed by atoms with E-state index < -0.39 is 0 Å². The van der Waals surface area contributed by atoms with Crippen molar-refractivity contribution >= 4 is 11.5 Å². The van der Waals surface area contributed by atoms with Gasteiger partial charge in [-0.05, 0) is 17.6 Å². The molecule has 0 bridgehead atoms. The third-order valence-electron chi connectivity index (χ3n) is 1.12. The van der Waals surface area contributed by atoms with E-state index in [9.17, 15) is 0 Å². The van der Waals surface area contributed by atoms with Gasteiger partial charge in [-0.1, -0.05) is 4.49 Å². The van der Waals surface area contributed by atoms with E-state index in [0.717, 1.165) is 11.4 Å². The second-order valence-electron chi connectivity index (χ2n) is 1.75. The molecule has 0 aromatic carbocycles. The number of nitrogens with zero attached hydrogens (tertiary/aromatic N) is 3. The third kappa shape index (κ3) is 0.801. The first-order valence-electron chi connectivity index (χ1n) is 2.74. The molecule has 0 fully saturated rings. The molecule has 0 aliphatic rings. The summed E-state index contributed by atoms with van der Waals surface area (Å²) >= 11 is 1.32. The average Bonchev–Trinajstić information content (AvgIpc) is 2.59. The minimum atomic E-state index is 0.825. The van der Waals surface area contributed by atoms with E-state index in [0.29, 0.717) is 0 Å². The zero-order valence-corrected chi connectivity index (χ0v) is 5.80. The van der Waals surface area contributed by atoms with Crippen LogP contribution in [0.4, 0.5) is 0 Å². The summed E-state index contributed by atoms with van der Waals surface area (Å²) in [6.07, 6.45) is 1.76. The van der Waals surface area contributed by atoms with Crippen LogP contribution in [0.25, 0.3) is 11.4 Å². The lowest BCUT2D eigenvalue weighted by Gasteiger charge is -1.80. The van der Waals surface area contributed by atoms with Gasteiger partial charge in [-0.25, -0.2) is 0 Å². The van der Waals surface area contributed by atoms with Crippen molar-refractivity contribution in [2.75, 3.05) is 0 Å². The van der Waals surface area contributed by atoms with Crippen LogP contribution in [0.3, 0.4) is 0 Å². The number of nitrogens with one attached hydrogen (secondary N) is 1. The highest BCUT2D eigenvalue weighted by atomic mass is 32.1. The van der Waals surface area contributed by atoms with Crippen molar-refractivity contribution in [3.8, 4) is 11.4 Å². The Morgan fingerprint density at radius 1 is 1.40 bits per heavy atom. The van der Waals surface area contributed by atoms with Crippen LogP contribution in [-0.4, -0.2) is 19.8 Å². The van der Waals surface area contributed by atoms with E-state index in [1.165, 1.54) is 11.5 Å². The normalized spacial score (nSPS) is 10.0. The summed E-state index contributed by atoms with van der Waals surface area (Å²) < 4.78 is 3.72. The number of rotatable bonds is 1. The van der Waals surface area contributed by atoms with Crippen molar-refractivity contribution in [1.29, 1.82) is 0 Å². The molecular weight excluding hydrogens is 148 g/mol. The third-order valence-corrected chi connectivity index (χ3v) is 1.63. The van der Waals surface area contributed by atoms with Crippen LogP contribution in [0, 0.1) is 0 Å². The summed E-state index contributed by atoms with van der Waals surface area (Å²) in [5, 5.41) is 12.3. The smallest absolute Gasteiger partial charge is 0.126 e. The van der Waals surface area contributed by atoms with Gasteiger partial charge in [0.25, 0.3) is 0 Å². The topological polar surface area (TPSA) is 54.5 Å². The Morgan fingerprint density at radius 3 is 3.00 bits per heavy atom. The number of hydrogen-bond donors (Lipinski definition) is 1. The molecule has 2 rings (SSSR count). The van der Waals surface area contributed by atoms with Crippen molar-refractivity contribution in [2.24, 2.45) is 0 Å². The maximum Gasteiger partial charge on any atom is 0.126 e. The lowest BCUT2D eigenvalue weighted by Crippen LogP contribution is -1.76. The minimum Gasteiger partial charge on any atom is -0.285 e. The van der Waals surface area contributed by atoms with Crippen LogP contribution in [0.1, 0.15) is 0 Å². The van der Waals surface area contributed by atoms with Crippen LogP contribution < -0.4 is 0 Å². The fraction of sp³-hybridized carbons (Fsp3) is 0. The Bertz CT molecular complexity index is 253. The summed E-state index contributed by atoms with van der Waals surface area (Å²) in [7, 11) is 0. The number of H-pyrrole nitrogens is 1. The van der Waals surface area contributed by atoms with Gasteiger partial charge in [0.15, 0.2) is 0 Å². The number of aromatic nitrogens is 4. The van der Waals surface area contributed by atoms with E-state index in [4.69, 9.17) is 0 Å². The first-order chi connectivity index (χ1) is 4.97. The van der Waals surface area contributed by atoms with Crippen LogP contribution in [0.2, 0.25) is 0 Å². The van der Waals surface area contributed by atoms with Crippen LogP contribution in [-0.2, 0) is 0 Å². The maximum atomic E-state index is 3.94. The van der Waals surface area contributed by atoms with Gasteiger partial charge in [0, 0.05) is 11.6 Å². The predicted molar refractivity (Wildman–Crippen MR) is 37.5 cm³/mol. The first-order valence-corrected chi connectivity index (χ1v) is 3.58. The molecule has 1 N–H and O–H groups in total. The van der Waals surface area contributed by atoms with Crippen molar-refractivity contribution in [1.82, 2.24) is 19.8 Å². The molecule has 50 valence electrons. The molecule has 0 saturated heterocycles. The van der Waals surface area contributed by atoms with Crippen molar-refractivity contribution in [2.45, 2.75) is 0 Å². The van der Waals surface area contributed by atoms with Gasteiger partial charge in [0.2, 0.25) is 0 Å². The summed E-state index contributed by atoms with van der Waals surface area (Å²) in [6.45, 7) is 0. The van der Waals surface area contributed by atoms with E-state index in [2.05, 4.69) is 19.8 Å². The fourth-order valence-corrected chi connectivity index (χ4v) is 1.13. The second-order valence-corrected chi connectivity index (χ2v) is 2.36. The molecule has 2 aromatic rings. The molecule has 10 heavy (non-hydrogen) atoms. The summed E-state index contributed by atoms with van der Waals surface area (Å²) in [4.78, 5) is 0. The predicted octanol–water partition coefficient (Wildman–Crippen LogP) is 0.928. The largest absolute Gasteiger partial charge is 0.285 e. The van der Waals surface area contributed by atoms with E-state index in [1.807, 2.05) is 11.4 Å². The Hall–Kier alpha value is -1.23. The molecule has 0 saturated carbocycles. The number of hydrogen-bond acceptors (Lipinski definition) is 4. The van der Waals surface area contributed by atoms with Crippen LogP contribution >= 0.6 is 11.5 Å². The molecule has 0 amide bonds. The van der Waals surface area contributed by atoms with Gasteiger partial charge in [-0.15, -0.1) is 5.10 Å². The van der Waals surface area contributed by atoms with Crippen molar-refractivity contribution < 1.29 is 0 Å². The highest BCUT2D eigenvalue weighted by Gasteiger charge is 2.00. The molecule has 0 spiro atoms. The minimum absolute atomic E-state index is 0.825. The Morgan fingerprint density at radius 2 is 2.40 bits per heavy atom. The molecule has 0 atom stereocenters. The van der Waals surface area contributed by atoms with Gasteiger partial charge in [0.1, 0.15) is 11.4 Å². The standard InChI is InChI=1S/C5H4N4S/c1-2-6-7-4(1)5-3-10-9-8-5/h1-3H,(H,6,7). The lowest BCUT2D eigenvalue weighted by atomic mass is 10.4. The Kier molecular flexibility index (Phi) is 1.21. The molecule has 0 unspecified atom stereocenters. The number of aromatic amines is 1. The Balaban J connectivity index is 2.48. The van der Waals surface area contributed by atoms with Gasteiger partial charge >= 0.3 is 0 Å². The second kappa shape index (κ2) is 2.18. The molecule has 0 aliphatic heterocycles. The molecule has 0 aliphatic carbocycles. The Labute approximate surface area is 61.1 Å². The van der Waals surface area contributed by atoms with Gasteiger partial charge in [-0.3, -0.25) is 5.10 Å². The highest BCUT2D eigenvalue weighted by molar-refractivity contribution is 7.03. The van der Waals surface area contributed by atoms with Gasteiger partial charge < -0.3 is 0 Å². The van der Waals surface area contributed by atoms with E-state index in [-0.39, 0.29) is 0 Å². The molecule has 5 heteroatoms. The molecule has 4 nitrogen and oxygen atoms in total. The van der Waals surface area contributed by atoms with Crippen LogP contribution in [0.15, 0.2) is 17.6 Å². The van der Waals surface area contributed by atoms with Crippen molar-refractivity contribution in [3.05, 3.63) is 17.6 Å². The zero-order chi connectivity index (χ0) is 6.81.